The van der Waals surface area contributed by atoms with Crippen LogP contribution in [-0.2, 0) is 0 Å². The van der Waals surface area contributed by atoms with Gasteiger partial charge in [-0.2, -0.15) is 0 Å². The van der Waals surface area contributed by atoms with E-state index in [0.29, 0.717) is 12.5 Å². The highest BCUT2D eigenvalue weighted by Gasteiger charge is 1.93. The normalized spacial score (nSPS) is 8.60. The van der Waals surface area contributed by atoms with Crippen molar-refractivity contribution in [3.8, 4) is 5.88 Å². The van der Waals surface area contributed by atoms with Crippen LogP contribution in [0.4, 0.5) is 0 Å². The molecule has 0 bridgehead atoms. The third kappa shape index (κ3) is 2.27. The average Bonchev–Trinajstić information content (AvgIpc) is 2.17. The highest BCUT2D eigenvalue weighted by Crippen LogP contribution is 2.05. The Morgan fingerprint density at radius 3 is 2.80 bits per heavy atom. The second-order valence-electron chi connectivity index (χ2n) is 1.82. The van der Waals surface area contributed by atoms with Gasteiger partial charge in [0.25, 0.3) is 0 Å². The molecule has 58 valence electrons. The van der Waals surface area contributed by atoms with Crippen LogP contribution in [0.25, 0.3) is 0 Å². The molecule has 0 saturated carbocycles. The highest BCUT2D eigenvalue weighted by molar-refractivity contribution is 5.85. The number of halogens is 1. The van der Waals surface area contributed by atoms with E-state index in [9.17, 15) is 0 Å². The van der Waals surface area contributed by atoms with E-state index in [0.717, 1.165) is 5.69 Å². The maximum absolute atomic E-state index is 5.08. The summed E-state index contributed by atoms with van der Waals surface area (Å²) in [5.41, 5.74) is 1.03. The number of aromatic nitrogens is 2. The van der Waals surface area contributed by atoms with Gasteiger partial charge in [0.1, 0.15) is 0 Å². The Labute approximate surface area is 66.2 Å². The molecule has 0 aliphatic rings. The number of hydrogen-bond acceptors (Lipinski definition) is 2. The van der Waals surface area contributed by atoms with Gasteiger partial charge in [0, 0.05) is 11.8 Å². The molecule has 10 heavy (non-hydrogen) atoms. The number of nitrogens with zero attached hydrogens (tertiary/aromatic N) is 1. The van der Waals surface area contributed by atoms with E-state index in [4.69, 9.17) is 4.74 Å². The van der Waals surface area contributed by atoms with Crippen LogP contribution in [0.3, 0.4) is 0 Å². The maximum atomic E-state index is 5.08. The van der Waals surface area contributed by atoms with Crippen LogP contribution in [0.5, 0.6) is 5.88 Å². The van der Waals surface area contributed by atoms with E-state index < -0.39 is 0 Å². The predicted octanol–water partition coefficient (Wildman–Crippen LogP) is 1.54. The standard InChI is InChI=1S/C6H10N2O.ClH/c1-3-9-6-4-5(2)7-8-6;/h4H,3H2,1-2H3,(H,7,8);1H. The molecule has 0 atom stereocenters. The molecular formula is C6H11ClN2O. The second kappa shape index (κ2) is 4.17. The zero-order chi connectivity index (χ0) is 6.69. The molecular weight excluding hydrogens is 152 g/mol. The number of H-pyrrole nitrogens is 1. The van der Waals surface area contributed by atoms with E-state index in [-0.39, 0.29) is 12.4 Å². The summed E-state index contributed by atoms with van der Waals surface area (Å²) in [7, 11) is 0. The lowest BCUT2D eigenvalue weighted by Gasteiger charge is -1.92. The maximum Gasteiger partial charge on any atom is 0.232 e. The van der Waals surface area contributed by atoms with Crippen LogP contribution in [-0.4, -0.2) is 16.8 Å². The van der Waals surface area contributed by atoms with Crippen molar-refractivity contribution in [2.75, 3.05) is 6.61 Å². The van der Waals surface area contributed by atoms with Crippen molar-refractivity contribution in [2.24, 2.45) is 0 Å². The molecule has 1 rings (SSSR count). The monoisotopic (exact) mass is 162 g/mol. The van der Waals surface area contributed by atoms with Crippen molar-refractivity contribution in [2.45, 2.75) is 13.8 Å². The molecule has 0 unspecified atom stereocenters. The van der Waals surface area contributed by atoms with E-state index in [1.165, 1.54) is 0 Å². The minimum atomic E-state index is 0. The van der Waals surface area contributed by atoms with Gasteiger partial charge in [0.15, 0.2) is 0 Å². The van der Waals surface area contributed by atoms with Gasteiger partial charge < -0.3 is 4.74 Å². The first kappa shape index (κ1) is 9.30. The molecule has 1 N–H and O–H groups in total. The number of ether oxygens (including phenoxy) is 1. The van der Waals surface area contributed by atoms with Crippen LogP contribution in [0, 0.1) is 6.92 Å². The van der Waals surface area contributed by atoms with E-state index >= 15 is 0 Å². The molecule has 0 saturated heterocycles. The Balaban J connectivity index is 0.000000810. The van der Waals surface area contributed by atoms with Crippen molar-refractivity contribution < 1.29 is 4.74 Å². The van der Waals surface area contributed by atoms with Gasteiger partial charge in [-0.25, -0.2) is 0 Å². The first-order chi connectivity index (χ1) is 4.33. The molecule has 0 aliphatic heterocycles. The van der Waals surface area contributed by atoms with Gasteiger partial charge in [-0.1, -0.05) is 0 Å². The topological polar surface area (TPSA) is 37.9 Å². The minimum Gasteiger partial charge on any atom is -0.477 e. The fraction of sp³-hybridized carbons (Fsp3) is 0.500. The van der Waals surface area contributed by atoms with Gasteiger partial charge in [0.05, 0.1) is 6.61 Å². The van der Waals surface area contributed by atoms with Gasteiger partial charge in [-0.15, -0.1) is 17.5 Å². The molecule has 1 heterocycles. The molecule has 0 aromatic carbocycles. The predicted molar refractivity (Wildman–Crippen MR) is 41.7 cm³/mol. The molecule has 0 fully saturated rings. The highest BCUT2D eigenvalue weighted by atomic mass is 35.5. The summed E-state index contributed by atoms with van der Waals surface area (Å²) in [6.45, 7) is 4.55. The minimum absolute atomic E-state index is 0. The average molecular weight is 163 g/mol. The quantitative estimate of drug-likeness (QED) is 0.717. The lowest BCUT2D eigenvalue weighted by atomic mass is 10.5. The van der Waals surface area contributed by atoms with Crippen LogP contribution in [0.1, 0.15) is 12.6 Å². The second-order valence-corrected chi connectivity index (χ2v) is 1.82. The van der Waals surface area contributed by atoms with Crippen LogP contribution >= 0.6 is 12.4 Å². The fourth-order valence-corrected chi connectivity index (χ4v) is 0.615. The zero-order valence-corrected chi connectivity index (χ0v) is 6.86. The molecule has 0 radical (unpaired) electrons. The summed E-state index contributed by atoms with van der Waals surface area (Å²) in [6, 6.07) is 1.86. The zero-order valence-electron chi connectivity index (χ0n) is 6.05. The third-order valence-corrected chi connectivity index (χ3v) is 0.975. The first-order valence-corrected chi connectivity index (χ1v) is 2.97. The smallest absolute Gasteiger partial charge is 0.232 e. The van der Waals surface area contributed by atoms with Crippen LogP contribution < -0.4 is 4.74 Å². The number of aromatic amines is 1. The first-order valence-electron chi connectivity index (χ1n) is 2.97. The Bertz CT molecular complexity index is 188. The third-order valence-electron chi connectivity index (χ3n) is 0.975. The van der Waals surface area contributed by atoms with Gasteiger partial charge in [-0.05, 0) is 13.8 Å². The summed E-state index contributed by atoms with van der Waals surface area (Å²) >= 11 is 0. The molecule has 1 aromatic rings. The largest absolute Gasteiger partial charge is 0.477 e. The lowest BCUT2D eigenvalue weighted by molar-refractivity contribution is 0.326. The van der Waals surface area contributed by atoms with Gasteiger partial charge in [-0.3, -0.25) is 5.10 Å². The Morgan fingerprint density at radius 2 is 2.40 bits per heavy atom. The number of hydrogen-bond donors (Lipinski definition) is 1. The van der Waals surface area contributed by atoms with Gasteiger partial charge in [0.2, 0.25) is 5.88 Å². The number of aryl methyl sites for hydroxylation is 1. The Kier molecular flexibility index (Phi) is 3.88. The Morgan fingerprint density at radius 1 is 1.70 bits per heavy atom. The number of rotatable bonds is 2. The summed E-state index contributed by atoms with van der Waals surface area (Å²) in [4.78, 5) is 0. The van der Waals surface area contributed by atoms with Crippen molar-refractivity contribution in [3.63, 3.8) is 0 Å². The molecule has 3 nitrogen and oxygen atoms in total. The van der Waals surface area contributed by atoms with E-state index in [1.54, 1.807) is 0 Å². The summed E-state index contributed by atoms with van der Waals surface area (Å²) < 4.78 is 5.08. The van der Waals surface area contributed by atoms with Crippen LogP contribution in [0.2, 0.25) is 0 Å². The molecule has 4 heteroatoms. The van der Waals surface area contributed by atoms with Crippen molar-refractivity contribution in [1.29, 1.82) is 0 Å². The molecule has 1 aromatic heterocycles. The lowest BCUT2D eigenvalue weighted by Crippen LogP contribution is -1.90. The molecule has 0 spiro atoms. The van der Waals surface area contributed by atoms with Crippen molar-refractivity contribution in [3.05, 3.63) is 11.8 Å². The summed E-state index contributed by atoms with van der Waals surface area (Å²) in [6.07, 6.45) is 0. The summed E-state index contributed by atoms with van der Waals surface area (Å²) in [5.74, 6) is 0.676. The Hall–Kier alpha value is -0.700. The van der Waals surface area contributed by atoms with Gasteiger partial charge >= 0.3 is 0 Å². The fourth-order valence-electron chi connectivity index (χ4n) is 0.615. The SMILES string of the molecule is CCOc1cc(C)[nH]n1.Cl. The van der Waals surface area contributed by atoms with E-state index in [2.05, 4.69) is 10.2 Å². The molecule has 0 amide bonds. The van der Waals surface area contributed by atoms with Crippen LogP contribution in [0.15, 0.2) is 6.07 Å². The van der Waals surface area contributed by atoms with Crippen molar-refractivity contribution >= 4 is 12.4 Å². The van der Waals surface area contributed by atoms with E-state index in [1.807, 2.05) is 19.9 Å². The summed E-state index contributed by atoms with van der Waals surface area (Å²) in [5, 5.41) is 6.64. The van der Waals surface area contributed by atoms with Crippen molar-refractivity contribution in [1.82, 2.24) is 10.2 Å². The number of nitrogens with one attached hydrogen (secondary N) is 1. The molecule has 0 aliphatic carbocycles.